The molecule has 148 valence electrons. The molecule has 7 heteroatoms. The fourth-order valence-electron chi connectivity index (χ4n) is 2.36. The number of nitrogens with one attached hydrogen (secondary N) is 2. The predicted octanol–water partition coefficient (Wildman–Crippen LogP) is 4.02. The van der Waals surface area contributed by atoms with Crippen molar-refractivity contribution < 1.29 is 19.0 Å². The van der Waals surface area contributed by atoms with E-state index in [0.29, 0.717) is 11.5 Å². The van der Waals surface area contributed by atoms with Gasteiger partial charge in [0.05, 0.1) is 20.3 Å². The fourth-order valence-corrected chi connectivity index (χ4v) is 2.58. The Morgan fingerprint density at radius 1 is 1.07 bits per heavy atom. The highest BCUT2D eigenvalue weighted by atomic mass is 32.1. The van der Waals surface area contributed by atoms with Gasteiger partial charge in [0.15, 0.2) is 16.6 Å². The SMILES string of the molecule is COc1ccc(/C=C/C(=O)NC(=S)Nc2cccc(OC(C)C)c2)cc1OC. The van der Waals surface area contributed by atoms with Crippen molar-refractivity contribution in [3.63, 3.8) is 0 Å². The summed E-state index contributed by atoms with van der Waals surface area (Å²) in [6, 6.07) is 12.7. The number of benzene rings is 2. The molecular formula is C21H24N2O4S. The van der Waals surface area contributed by atoms with Gasteiger partial charge in [0.2, 0.25) is 5.91 Å². The van der Waals surface area contributed by atoms with Crippen LogP contribution in [0.3, 0.4) is 0 Å². The molecule has 0 saturated carbocycles. The van der Waals surface area contributed by atoms with Crippen molar-refractivity contribution in [3.8, 4) is 17.2 Å². The summed E-state index contributed by atoms with van der Waals surface area (Å²) >= 11 is 5.19. The van der Waals surface area contributed by atoms with Crippen LogP contribution in [0, 0.1) is 0 Å². The van der Waals surface area contributed by atoms with E-state index < -0.39 is 0 Å². The lowest BCUT2D eigenvalue weighted by molar-refractivity contribution is -0.115. The minimum atomic E-state index is -0.345. The molecule has 28 heavy (non-hydrogen) atoms. The Morgan fingerprint density at radius 3 is 2.50 bits per heavy atom. The van der Waals surface area contributed by atoms with Gasteiger partial charge in [-0.1, -0.05) is 12.1 Å². The quantitative estimate of drug-likeness (QED) is 0.541. The summed E-state index contributed by atoms with van der Waals surface area (Å²) in [5, 5.41) is 5.77. The summed E-state index contributed by atoms with van der Waals surface area (Å²) in [5.74, 6) is 1.59. The molecule has 0 bridgehead atoms. The second-order valence-corrected chi connectivity index (χ2v) is 6.49. The molecule has 0 unspecified atom stereocenters. The Morgan fingerprint density at radius 2 is 1.82 bits per heavy atom. The molecule has 1 amide bonds. The van der Waals surface area contributed by atoms with Gasteiger partial charge in [0.25, 0.3) is 0 Å². The van der Waals surface area contributed by atoms with Crippen LogP contribution >= 0.6 is 12.2 Å². The smallest absolute Gasteiger partial charge is 0.250 e. The molecule has 0 aliphatic rings. The van der Waals surface area contributed by atoms with E-state index in [0.717, 1.165) is 17.0 Å². The standard InChI is InChI=1S/C21H24N2O4S/c1-14(2)27-17-7-5-6-16(13-17)22-21(28)23-20(24)11-9-15-8-10-18(25-3)19(12-15)26-4/h5-14H,1-4H3,(H2,22,23,24,28)/b11-9+. The number of carbonyl (C=O) groups is 1. The number of thiocarbonyl (C=S) groups is 1. The van der Waals surface area contributed by atoms with E-state index in [-0.39, 0.29) is 17.1 Å². The lowest BCUT2D eigenvalue weighted by Gasteiger charge is -2.12. The number of anilines is 1. The third-order valence-corrected chi connectivity index (χ3v) is 3.74. The summed E-state index contributed by atoms with van der Waals surface area (Å²) in [6.45, 7) is 3.91. The number of methoxy groups -OCH3 is 2. The van der Waals surface area contributed by atoms with Gasteiger partial charge >= 0.3 is 0 Å². The van der Waals surface area contributed by atoms with Crippen LogP contribution in [0.2, 0.25) is 0 Å². The summed E-state index contributed by atoms with van der Waals surface area (Å²) in [4.78, 5) is 12.1. The number of carbonyl (C=O) groups excluding carboxylic acids is 1. The number of hydrogen-bond donors (Lipinski definition) is 2. The molecule has 0 saturated heterocycles. The van der Waals surface area contributed by atoms with E-state index in [1.165, 1.54) is 6.08 Å². The van der Waals surface area contributed by atoms with Crippen LogP contribution in [0.15, 0.2) is 48.5 Å². The first-order chi connectivity index (χ1) is 13.4. The number of ether oxygens (including phenoxy) is 3. The second-order valence-electron chi connectivity index (χ2n) is 6.09. The van der Waals surface area contributed by atoms with Crippen LogP contribution in [0.5, 0.6) is 17.2 Å². The zero-order valence-electron chi connectivity index (χ0n) is 16.3. The van der Waals surface area contributed by atoms with Crippen molar-refractivity contribution in [2.45, 2.75) is 20.0 Å². The Balaban J connectivity index is 1.94. The molecule has 2 aromatic rings. The van der Waals surface area contributed by atoms with Gasteiger partial charge in [-0.15, -0.1) is 0 Å². The number of amides is 1. The van der Waals surface area contributed by atoms with E-state index in [9.17, 15) is 4.79 Å². The Hall–Kier alpha value is -3.06. The number of hydrogen-bond acceptors (Lipinski definition) is 5. The van der Waals surface area contributed by atoms with Crippen LogP contribution in [0.25, 0.3) is 6.08 Å². The highest BCUT2D eigenvalue weighted by Crippen LogP contribution is 2.27. The first-order valence-electron chi connectivity index (χ1n) is 8.70. The molecule has 0 fully saturated rings. The molecule has 0 spiro atoms. The maximum atomic E-state index is 12.1. The van der Waals surface area contributed by atoms with Crippen molar-refractivity contribution in [1.82, 2.24) is 5.32 Å². The fraction of sp³-hybridized carbons (Fsp3) is 0.238. The molecule has 0 atom stereocenters. The van der Waals surface area contributed by atoms with E-state index in [1.54, 1.807) is 32.4 Å². The Kier molecular flexibility index (Phi) is 7.83. The van der Waals surface area contributed by atoms with Gasteiger partial charge in [0, 0.05) is 17.8 Å². The molecule has 2 aromatic carbocycles. The molecule has 0 aliphatic heterocycles. The Bertz CT molecular complexity index is 865. The third-order valence-electron chi connectivity index (χ3n) is 3.54. The first-order valence-corrected chi connectivity index (χ1v) is 9.11. The summed E-state index contributed by atoms with van der Waals surface area (Å²) in [6.07, 6.45) is 3.13. The van der Waals surface area contributed by atoms with Crippen molar-refractivity contribution >= 4 is 35.0 Å². The van der Waals surface area contributed by atoms with E-state index in [2.05, 4.69) is 10.6 Å². The Labute approximate surface area is 170 Å². The summed E-state index contributed by atoms with van der Waals surface area (Å²) in [5.41, 5.74) is 1.53. The highest BCUT2D eigenvalue weighted by Gasteiger charge is 2.05. The molecule has 0 aliphatic carbocycles. The first kappa shape index (κ1) is 21.2. The maximum absolute atomic E-state index is 12.1. The second kappa shape index (κ2) is 10.3. The summed E-state index contributed by atoms with van der Waals surface area (Å²) < 4.78 is 16.1. The van der Waals surface area contributed by atoms with E-state index in [1.807, 2.05) is 44.2 Å². The highest BCUT2D eigenvalue weighted by molar-refractivity contribution is 7.80. The normalized spacial score (nSPS) is 10.6. The van der Waals surface area contributed by atoms with E-state index in [4.69, 9.17) is 26.4 Å². The molecule has 0 radical (unpaired) electrons. The molecular weight excluding hydrogens is 376 g/mol. The average molecular weight is 401 g/mol. The molecule has 2 N–H and O–H groups in total. The van der Waals surface area contributed by atoms with Crippen molar-refractivity contribution in [2.24, 2.45) is 0 Å². The van der Waals surface area contributed by atoms with Gasteiger partial charge < -0.3 is 19.5 Å². The largest absolute Gasteiger partial charge is 0.493 e. The number of rotatable bonds is 7. The lowest BCUT2D eigenvalue weighted by atomic mass is 10.2. The van der Waals surface area contributed by atoms with Crippen LogP contribution in [0.4, 0.5) is 5.69 Å². The molecule has 2 rings (SSSR count). The minimum Gasteiger partial charge on any atom is -0.493 e. The van der Waals surface area contributed by atoms with Gasteiger partial charge in [0.1, 0.15) is 5.75 Å². The summed E-state index contributed by atoms with van der Waals surface area (Å²) in [7, 11) is 3.13. The lowest BCUT2D eigenvalue weighted by Crippen LogP contribution is -2.32. The minimum absolute atomic E-state index is 0.0728. The monoisotopic (exact) mass is 400 g/mol. The van der Waals surface area contributed by atoms with Crippen LogP contribution in [0.1, 0.15) is 19.4 Å². The van der Waals surface area contributed by atoms with Crippen LogP contribution in [-0.2, 0) is 4.79 Å². The maximum Gasteiger partial charge on any atom is 0.250 e. The molecule has 0 heterocycles. The van der Waals surface area contributed by atoms with Gasteiger partial charge in [-0.2, -0.15) is 0 Å². The zero-order valence-corrected chi connectivity index (χ0v) is 17.1. The van der Waals surface area contributed by atoms with Crippen LogP contribution in [-0.4, -0.2) is 31.3 Å². The average Bonchev–Trinajstić information content (AvgIpc) is 2.65. The van der Waals surface area contributed by atoms with Crippen molar-refractivity contribution in [3.05, 3.63) is 54.1 Å². The van der Waals surface area contributed by atoms with Gasteiger partial charge in [-0.3, -0.25) is 10.1 Å². The molecule has 6 nitrogen and oxygen atoms in total. The predicted molar refractivity (Wildman–Crippen MR) is 115 cm³/mol. The molecule has 0 aromatic heterocycles. The zero-order chi connectivity index (χ0) is 20.5. The van der Waals surface area contributed by atoms with Crippen molar-refractivity contribution in [1.29, 1.82) is 0 Å². The van der Waals surface area contributed by atoms with Gasteiger partial charge in [-0.05, 0) is 62.0 Å². The third kappa shape index (κ3) is 6.59. The van der Waals surface area contributed by atoms with Crippen molar-refractivity contribution in [2.75, 3.05) is 19.5 Å². The van der Waals surface area contributed by atoms with Gasteiger partial charge in [-0.25, -0.2) is 0 Å². The van der Waals surface area contributed by atoms with Crippen LogP contribution < -0.4 is 24.8 Å². The topological polar surface area (TPSA) is 68.8 Å². The van der Waals surface area contributed by atoms with E-state index >= 15 is 0 Å².